The van der Waals surface area contributed by atoms with Gasteiger partial charge in [0.05, 0.1) is 22.1 Å². The van der Waals surface area contributed by atoms with Crippen LogP contribution in [0.4, 0.5) is 0 Å². The van der Waals surface area contributed by atoms with Gasteiger partial charge in [0, 0.05) is 28.7 Å². The van der Waals surface area contributed by atoms with Crippen LogP contribution in [0.1, 0.15) is 5.56 Å². The maximum atomic E-state index is 4.87. The van der Waals surface area contributed by atoms with Crippen molar-refractivity contribution in [3.05, 3.63) is 66.5 Å². The molecule has 0 radical (unpaired) electrons. The van der Waals surface area contributed by atoms with Crippen molar-refractivity contribution in [3.63, 3.8) is 0 Å². The molecule has 0 saturated carbocycles. The Morgan fingerprint density at radius 1 is 0.750 bits per heavy atom. The molecule has 5 aromatic rings. The van der Waals surface area contributed by atoms with Gasteiger partial charge >= 0.3 is 0 Å². The molecule has 4 nitrogen and oxygen atoms in total. The molecule has 0 amide bonds. The lowest BCUT2D eigenvalue weighted by Crippen LogP contribution is -1.86. The van der Waals surface area contributed by atoms with E-state index < -0.39 is 0 Å². The van der Waals surface area contributed by atoms with Crippen LogP contribution in [0.5, 0.6) is 0 Å². The summed E-state index contributed by atoms with van der Waals surface area (Å²) in [4.78, 5) is 17.4. The number of rotatable bonds is 1. The van der Waals surface area contributed by atoms with Crippen molar-refractivity contribution in [1.29, 1.82) is 0 Å². The van der Waals surface area contributed by atoms with E-state index in [0.29, 0.717) is 0 Å². The highest BCUT2D eigenvalue weighted by molar-refractivity contribution is 6.20. The van der Waals surface area contributed by atoms with Crippen LogP contribution in [-0.4, -0.2) is 19.9 Å². The lowest BCUT2D eigenvalue weighted by molar-refractivity contribution is 1.33. The number of imidazole rings is 1. The zero-order valence-electron chi connectivity index (χ0n) is 13.1. The van der Waals surface area contributed by atoms with E-state index in [-0.39, 0.29) is 0 Å². The summed E-state index contributed by atoms with van der Waals surface area (Å²) >= 11 is 0. The predicted octanol–water partition coefficient (Wildman–Crippen LogP) is 4.63. The Bertz CT molecular complexity index is 1130. The summed E-state index contributed by atoms with van der Waals surface area (Å²) in [6, 6.07) is 16.4. The van der Waals surface area contributed by atoms with Crippen molar-refractivity contribution in [2.24, 2.45) is 0 Å². The molecule has 0 spiro atoms. The van der Waals surface area contributed by atoms with Crippen LogP contribution in [0.25, 0.3) is 44.2 Å². The minimum atomic E-state index is 0.867. The zero-order chi connectivity index (χ0) is 16.1. The molecule has 0 aliphatic heterocycles. The molecule has 0 saturated heterocycles. The number of hydrogen-bond donors (Lipinski definition) is 1. The SMILES string of the molecule is Cc1ccc(-c2nc3c4cccnc4c4ncccc4c3[nH]2)cc1. The maximum Gasteiger partial charge on any atom is 0.138 e. The molecule has 0 aliphatic rings. The third kappa shape index (κ3) is 1.83. The molecule has 0 bridgehead atoms. The number of pyridine rings is 2. The second kappa shape index (κ2) is 4.86. The molecule has 0 atom stereocenters. The van der Waals surface area contributed by atoms with E-state index >= 15 is 0 Å². The summed E-state index contributed by atoms with van der Waals surface area (Å²) in [7, 11) is 0. The van der Waals surface area contributed by atoms with Gasteiger partial charge in [-0.3, -0.25) is 9.97 Å². The summed E-state index contributed by atoms with van der Waals surface area (Å²) in [5.74, 6) is 0.867. The summed E-state index contributed by atoms with van der Waals surface area (Å²) in [6.07, 6.45) is 3.61. The number of hydrogen-bond acceptors (Lipinski definition) is 3. The van der Waals surface area contributed by atoms with Crippen molar-refractivity contribution in [3.8, 4) is 11.4 Å². The standard InChI is InChI=1S/C20H14N4/c1-12-6-8-13(9-7-12)20-23-18-14-4-2-10-21-16(14)17-15(19(18)24-20)5-3-11-22-17/h2-11H,1H3,(H,23,24). The number of aromatic nitrogens is 4. The summed E-state index contributed by atoms with van der Waals surface area (Å²) < 4.78 is 0. The lowest BCUT2D eigenvalue weighted by Gasteiger charge is -2.03. The van der Waals surface area contributed by atoms with Gasteiger partial charge in [-0.25, -0.2) is 4.98 Å². The first-order valence-corrected chi connectivity index (χ1v) is 7.89. The molecule has 24 heavy (non-hydrogen) atoms. The van der Waals surface area contributed by atoms with Crippen LogP contribution in [0.3, 0.4) is 0 Å². The second-order valence-corrected chi connectivity index (χ2v) is 5.97. The van der Waals surface area contributed by atoms with Gasteiger partial charge in [-0.1, -0.05) is 29.8 Å². The predicted molar refractivity (Wildman–Crippen MR) is 96.9 cm³/mol. The van der Waals surface area contributed by atoms with Gasteiger partial charge in [-0.05, 0) is 31.2 Å². The smallest absolute Gasteiger partial charge is 0.138 e. The van der Waals surface area contributed by atoms with Crippen molar-refractivity contribution >= 4 is 32.8 Å². The number of nitrogens with one attached hydrogen (secondary N) is 1. The van der Waals surface area contributed by atoms with Gasteiger partial charge in [0.15, 0.2) is 0 Å². The Balaban J connectivity index is 1.93. The largest absolute Gasteiger partial charge is 0.337 e. The first-order valence-electron chi connectivity index (χ1n) is 7.89. The summed E-state index contributed by atoms with van der Waals surface area (Å²) in [5, 5.41) is 2.07. The maximum absolute atomic E-state index is 4.87. The molecule has 2 aromatic carbocycles. The molecule has 0 aliphatic carbocycles. The average Bonchev–Trinajstić information content (AvgIpc) is 3.08. The van der Waals surface area contributed by atoms with E-state index in [1.165, 1.54) is 5.56 Å². The molecule has 114 valence electrons. The molecule has 0 fully saturated rings. The molecule has 1 N–H and O–H groups in total. The first-order chi connectivity index (χ1) is 11.8. The number of aryl methyl sites for hydroxylation is 1. The van der Waals surface area contributed by atoms with Crippen LogP contribution in [0.15, 0.2) is 60.9 Å². The Morgan fingerprint density at radius 3 is 2.17 bits per heavy atom. The Kier molecular flexibility index (Phi) is 2.67. The van der Waals surface area contributed by atoms with Crippen LogP contribution in [0.2, 0.25) is 0 Å². The fourth-order valence-electron chi connectivity index (χ4n) is 3.19. The number of benzene rings is 2. The zero-order valence-corrected chi connectivity index (χ0v) is 13.1. The number of aromatic amines is 1. The Morgan fingerprint density at radius 2 is 1.42 bits per heavy atom. The molecule has 0 unspecified atom stereocenters. The molecule has 4 heteroatoms. The fourth-order valence-corrected chi connectivity index (χ4v) is 3.19. The normalized spacial score (nSPS) is 11.5. The number of nitrogens with zero attached hydrogens (tertiary/aromatic N) is 3. The third-order valence-corrected chi connectivity index (χ3v) is 4.39. The van der Waals surface area contributed by atoms with Crippen molar-refractivity contribution in [2.45, 2.75) is 6.92 Å². The van der Waals surface area contributed by atoms with Crippen molar-refractivity contribution in [2.75, 3.05) is 0 Å². The molecule has 3 heterocycles. The number of fused-ring (bicyclic) bond motifs is 6. The Labute approximate surface area is 138 Å². The van der Waals surface area contributed by atoms with Crippen molar-refractivity contribution < 1.29 is 0 Å². The van der Waals surface area contributed by atoms with Crippen LogP contribution < -0.4 is 0 Å². The molecular weight excluding hydrogens is 296 g/mol. The summed E-state index contributed by atoms with van der Waals surface area (Å²) in [6.45, 7) is 2.08. The van der Waals surface area contributed by atoms with Gasteiger partial charge in [0.25, 0.3) is 0 Å². The molecule has 5 rings (SSSR count). The highest BCUT2D eigenvalue weighted by atomic mass is 14.9. The van der Waals surface area contributed by atoms with Gasteiger partial charge in [-0.2, -0.15) is 0 Å². The molecule has 3 aromatic heterocycles. The van der Waals surface area contributed by atoms with Gasteiger partial charge < -0.3 is 4.98 Å². The van der Waals surface area contributed by atoms with E-state index in [1.807, 2.05) is 12.1 Å². The van der Waals surface area contributed by atoms with E-state index in [4.69, 9.17) is 4.98 Å². The van der Waals surface area contributed by atoms with Crippen molar-refractivity contribution in [1.82, 2.24) is 19.9 Å². The lowest BCUT2D eigenvalue weighted by atomic mass is 10.1. The van der Waals surface area contributed by atoms with Crippen LogP contribution in [0, 0.1) is 6.92 Å². The second-order valence-electron chi connectivity index (χ2n) is 5.97. The van der Waals surface area contributed by atoms with E-state index in [9.17, 15) is 0 Å². The van der Waals surface area contributed by atoms with E-state index in [0.717, 1.165) is 44.2 Å². The van der Waals surface area contributed by atoms with Gasteiger partial charge in [0.1, 0.15) is 5.82 Å². The van der Waals surface area contributed by atoms with E-state index in [1.54, 1.807) is 12.4 Å². The van der Waals surface area contributed by atoms with E-state index in [2.05, 4.69) is 58.3 Å². The third-order valence-electron chi connectivity index (χ3n) is 4.39. The van der Waals surface area contributed by atoms with Crippen LogP contribution >= 0.6 is 0 Å². The Hall–Kier alpha value is -3.27. The molecular formula is C20H14N4. The van der Waals surface area contributed by atoms with Gasteiger partial charge in [0.2, 0.25) is 0 Å². The van der Waals surface area contributed by atoms with Crippen LogP contribution in [-0.2, 0) is 0 Å². The average molecular weight is 310 g/mol. The topological polar surface area (TPSA) is 54.5 Å². The fraction of sp³-hybridized carbons (Fsp3) is 0.0500. The quantitative estimate of drug-likeness (QED) is 0.459. The summed E-state index contributed by atoms with van der Waals surface area (Å²) in [5.41, 5.74) is 6.05. The minimum Gasteiger partial charge on any atom is -0.337 e. The van der Waals surface area contributed by atoms with Gasteiger partial charge in [-0.15, -0.1) is 0 Å². The first kappa shape index (κ1) is 13.2. The highest BCUT2D eigenvalue weighted by Gasteiger charge is 2.14. The monoisotopic (exact) mass is 310 g/mol. The highest BCUT2D eigenvalue weighted by Crippen LogP contribution is 2.33. The number of H-pyrrole nitrogens is 1. The minimum absolute atomic E-state index is 0.867.